The molecule has 0 aliphatic heterocycles. The summed E-state index contributed by atoms with van der Waals surface area (Å²) in [5.74, 6) is -0.596. The number of nitrogens with zero attached hydrogens (tertiary/aromatic N) is 1. The second-order valence-electron chi connectivity index (χ2n) is 6.58. The van der Waals surface area contributed by atoms with E-state index in [4.69, 9.17) is 0 Å². The third-order valence-electron chi connectivity index (χ3n) is 4.12. The number of hydrogen-bond donors (Lipinski definition) is 2. The predicted octanol–water partition coefficient (Wildman–Crippen LogP) is 4.76. The summed E-state index contributed by atoms with van der Waals surface area (Å²) in [6, 6.07) is 12.1. The zero-order valence-electron chi connectivity index (χ0n) is 15.2. The number of fused-ring (bicyclic) bond motifs is 1. The second-order valence-corrected chi connectivity index (χ2v) is 8.67. The summed E-state index contributed by atoms with van der Waals surface area (Å²) in [6.45, 7) is 5.76. The number of nitrogens with one attached hydrogen (secondary N) is 2. The van der Waals surface area contributed by atoms with Crippen molar-refractivity contribution in [3.63, 3.8) is 0 Å². The van der Waals surface area contributed by atoms with Crippen LogP contribution in [0.3, 0.4) is 0 Å². The number of thiazole rings is 1. The lowest BCUT2D eigenvalue weighted by Gasteiger charge is -2.22. The molecule has 0 saturated heterocycles. The molecule has 140 valence electrons. The number of halogens is 1. The number of rotatable bonds is 5. The molecule has 1 atom stereocenters. The first-order chi connectivity index (χ1) is 12.8. The SMILES string of the molecule is Cc1nc2ccc(NC(=O)C(NC(=O)c3ccccc3Br)C(C)C)cc2s1. The van der Waals surface area contributed by atoms with Gasteiger partial charge in [-0.3, -0.25) is 9.59 Å². The highest BCUT2D eigenvalue weighted by atomic mass is 79.9. The molecule has 5 nitrogen and oxygen atoms in total. The Kier molecular flexibility index (Phi) is 5.92. The summed E-state index contributed by atoms with van der Waals surface area (Å²) in [6.07, 6.45) is 0. The molecule has 0 spiro atoms. The molecule has 0 aliphatic carbocycles. The van der Waals surface area contributed by atoms with Crippen molar-refractivity contribution >= 4 is 55.0 Å². The monoisotopic (exact) mass is 445 g/mol. The zero-order valence-corrected chi connectivity index (χ0v) is 17.6. The Morgan fingerprint density at radius 1 is 1.15 bits per heavy atom. The molecule has 0 radical (unpaired) electrons. The largest absolute Gasteiger partial charge is 0.340 e. The van der Waals surface area contributed by atoms with Crippen molar-refractivity contribution in [1.29, 1.82) is 0 Å². The van der Waals surface area contributed by atoms with E-state index in [-0.39, 0.29) is 17.7 Å². The first kappa shape index (κ1) is 19.5. The number of aryl methyl sites for hydroxylation is 1. The van der Waals surface area contributed by atoms with Gasteiger partial charge in [-0.15, -0.1) is 11.3 Å². The first-order valence-corrected chi connectivity index (χ1v) is 10.2. The van der Waals surface area contributed by atoms with Gasteiger partial charge in [0, 0.05) is 10.2 Å². The van der Waals surface area contributed by atoms with Crippen molar-refractivity contribution < 1.29 is 9.59 Å². The van der Waals surface area contributed by atoms with Crippen LogP contribution < -0.4 is 10.6 Å². The maximum absolute atomic E-state index is 12.8. The molecule has 1 unspecified atom stereocenters. The molecular formula is C20H20BrN3O2S. The fourth-order valence-corrected chi connectivity index (χ4v) is 4.07. The van der Waals surface area contributed by atoms with Gasteiger partial charge in [0.05, 0.1) is 20.8 Å². The van der Waals surface area contributed by atoms with Crippen LogP contribution in [-0.2, 0) is 4.79 Å². The number of anilines is 1. The highest BCUT2D eigenvalue weighted by Crippen LogP contribution is 2.25. The highest BCUT2D eigenvalue weighted by Gasteiger charge is 2.25. The van der Waals surface area contributed by atoms with Crippen LogP contribution in [-0.4, -0.2) is 22.8 Å². The summed E-state index contributed by atoms with van der Waals surface area (Å²) >= 11 is 4.95. The molecule has 27 heavy (non-hydrogen) atoms. The molecule has 2 aromatic carbocycles. The van der Waals surface area contributed by atoms with Crippen molar-refractivity contribution in [3.05, 3.63) is 57.5 Å². The summed E-state index contributed by atoms with van der Waals surface area (Å²) in [5, 5.41) is 6.73. The fourth-order valence-electron chi connectivity index (χ4n) is 2.74. The van der Waals surface area contributed by atoms with E-state index in [1.165, 1.54) is 0 Å². The molecule has 0 saturated carbocycles. The van der Waals surface area contributed by atoms with Crippen LogP contribution >= 0.6 is 27.3 Å². The summed E-state index contributed by atoms with van der Waals surface area (Å²) in [5.41, 5.74) is 2.10. The molecular weight excluding hydrogens is 426 g/mol. The number of carbonyl (C=O) groups is 2. The number of benzene rings is 2. The van der Waals surface area contributed by atoms with Crippen molar-refractivity contribution in [2.75, 3.05) is 5.32 Å². The molecule has 3 rings (SSSR count). The summed E-state index contributed by atoms with van der Waals surface area (Å²) < 4.78 is 1.71. The Labute approximate surface area is 170 Å². The van der Waals surface area contributed by atoms with Crippen LogP contribution in [0.4, 0.5) is 5.69 Å². The van der Waals surface area contributed by atoms with E-state index in [1.54, 1.807) is 29.5 Å². The minimum Gasteiger partial charge on any atom is -0.340 e. The van der Waals surface area contributed by atoms with Crippen LogP contribution in [0.1, 0.15) is 29.2 Å². The Bertz CT molecular complexity index is 1000. The van der Waals surface area contributed by atoms with Crippen LogP contribution in [0.5, 0.6) is 0 Å². The quantitative estimate of drug-likeness (QED) is 0.594. The summed E-state index contributed by atoms with van der Waals surface area (Å²) in [7, 11) is 0. The van der Waals surface area contributed by atoms with Gasteiger partial charge in [0.1, 0.15) is 6.04 Å². The van der Waals surface area contributed by atoms with E-state index in [2.05, 4.69) is 31.5 Å². The normalized spacial score (nSPS) is 12.2. The van der Waals surface area contributed by atoms with Gasteiger partial charge in [-0.1, -0.05) is 26.0 Å². The van der Waals surface area contributed by atoms with E-state index < -0.39 is 6.04 Å². The minimum atomic E-state index is -0.650. The molecule has 7 heteroatoms. The van der Waals surface area contributed by atoms with Crippen LogP contribution in [0.25, 0.3) is 10.2 Å². The fraction of sp³-hybridized carbons (Fsp3) is 0.250. The highest BCUT2D eigenvalue weighted by molar-refractivity contribution is 9.10. The van der Waals surface area contributed by atoms with Gasteiger partial charge < -0.3 is 10.6 Å². The molecule has 1 aromatic heterocycles. The lowest BCUT2D eigenvalue weighted by Crippen LogP contribution is -2.47. The zero-order chi connectivity index (χ0) is 19.6. The molecule has 0 bridgehead atoms. The number of hydrogen-bond acceptors (Lipinski definition) is 4. The van der Waals surface area contributed by atoms with Gasteiger partial charge in [0.25, 0.3) is 5.91 Å². The van der Waals surface area contributed by atoms with E-state index in [1.807, 2.05) is 45.0 Å². The van der Waals surface area contributed by atoms with E-state index in [0.29, 0.717) is 15.7 Å². The smallest absolute Gasteiger partial charge is 0.253 e. The molecule has 2 amide bonds. The molecule has 1 heterocycles. The van der Waals surface area contributed by atoms with Crippen molar-refractivity contribution in [1.82, 2.24) is 10.3 Å². The van der Waals surface area contributed by atoms with Gasteiger partial charge in [-0.05, 0) is 59.1 Å². The number of aromatic nitrogens is 1. The van der Waals surface area contributed by atoms with Crippen LogP contribution in [0.15, 0.2) is 46.9 Å². The minimum absolute atomic E-state index is 0.0641. The van der Waals surface area contributed by atoms with E-state index in [9.17, 15) is 9.59 Å². The van der Waals surface area contributed by atoms with Gasteiger partial charge in [-0.2, -0.15) is 0 Å². The molecule has 0 fully saturated rings. The lowest BCUT2D eigenvalue weighted by atomic mass is 10.0. The molecule has 0 aliphatic rings. The lowest BCUT2D eigenvalue weighted by molar-refractivity contribution is -0.118. The third kappa shape index (κ3) is 4.54. The Morgan fingerprint density at radius 2 is 1.89 bits per heavy atom. The van der Waals surface area contributed by atoms with Gasteiger partial charge in [0.2, 0.25) is 5.91 Å². The number of amides is 2. The van der Waals surface area contributed by atoms with Gasteiger partial charge >= 0.3 is 0 Å². The topological polar surface area (TPSA) is 71.1 Å². The second kappa shape index (κ2) is 8.19. The van der Waals surface area contributed by atoms with E-state index >= 15 is 0 Å². The van der Waals surface area contributed by atoms with Crippen molar-refractivity contribution in [3.8, 4) is 0 Å². The van der Waals surface area contributed by atoms with E-state index in [0.717, 1.165) is 15.2 Å². The van der Waals surface area contributed by atoms with Crippen LogP contribution in [0, 0.1) is 12.8 Å². The third-order valence-corrected chi connectivity index (χ3v) is 5.74. The molecule has 2 N–H and O–H groups in total. The van der Waals surface area contributed by atoms with Crippen LogP contribution in [0.2, 0.25) is 0 Å². The average Bonchev–Trinajstić information content (AvgIpc) is 2.98. The Balaban J connectivity index is 1.76. The van der Waals surface area contributed by atoms with Crippen molar-refractivity contribution in [2.24, 2.45) is 5.92 Å². The predicted molar refractivity (Wildman–Crippen MR) is 113 cm³/mol. The average molecular weight is 446 g/mol. The van der Waals surface area contributed by atoms with Gasteiger partial charge in [-0.25, -0.2) is 4.98 Å². The van der Waals surface area contributed by atoms with Crippen molar-refractivity contribution in [2.45, 2.75) is 26.8 Å². The maximum Gasteiger partial charge on any atom is 0.253 e. The Morgan fingerprint density at radius 3 is 2.59 bits per heavy atom. The summed E-state index contributed by atoms with van der Waals surface area (Å²) in [4.78, 5) is 29.8. The first-order valence-electron chi connectivity index (χ1n) is 8.58. The molecule has 3 aromatic rings. The van der Waals surface area contributed by atoms with Gasteiger partial charge in [0.15, 0.2) is 0 Å². The standard InChI is InChI=1S/C20H20BrN3O2S/c1-11(2)18(24-19(25)14-6-4-5-7-15(14)21)20(26)23-13-8-9-16-17(10-13)27-12(3)22-16/h4-11,18H,1-3H3,(H,23,26)(H,24,25). The maximum atomic E-state index is 12.8. The number of carbonyl (C=O) groups excluding carboxylic acids is 2. The Hall–Kier alpha value is -2.25.